The van der Waals surface area contributed by atoms with Gasteiger partial charge in [-0.05, 0) is 48.6 Å². The number of para-hydroxylation sites is 1. The van der Waals surface area contributed by atoms with Crippen LogP contribution in [0.5, 0.6) is 0 Å². The molecule has 0 aromatic heterocycles. The molecule has 3 N–H and O–H groups in total. The van der Waals surface area contributed by atoms with E-state index in [-0.39, 0.29) is 11.7 Å². The number of benzene rings is 2. The summed E-state index contributed by atoms with van der Waals surface area (Å²) in [5, 5.41) is 14.3. The molecule has 5 nitrogen and oxygen atoms in total. The molecule has 2 aromatic carbocycles. The maximum Gasteiger partial charge on any atom is 0.170 e. The normalized spacial score (nSPS) is 11.5. The number of nitrogens with zero attached hydrogens (tertiary/aromatic N) is 1. The van der Waals surface area contributed by atoms with Crippen molar-refractivity contribution in [3.05, 3.63) is 54.6 Å². The van der Waals surface area contributed by atoms with Crippen molar-refractivity contribution < 1.29 is 9.90 Å². The quantitative estimate of drug-likeness (QED) is 0.788. The lowest BCUT2D eigenvalue weighted by Crippen LogP contribution is -2.43. The van der Waals surface area contributed by atoms with Gasteiger partial charge in [-0.15, -0.1) is 0 Å². The average Bonchev–Trinajstić information content (AvgIpc) is 2.54. The number of nitrogens with two attached hydrogens (primary N) is 1. The third-order valence-electron chi connectivity index (χ3n) is 3.37. The minimum Gasteiger partial charge on any atom is -0.550 e. The summed E-state index contributed by atoms with van der Waals surface area (Å²) in [4.78, 5) is 12.5. The van der Waals surface area contributed by atoms with Crippen molar-refractivity contribution in [3.8, 4) is 0 Å². The van der Waals surface area contributed by atoms with Crippen LogP contribution in [0.25, 0.3) is 0 Å². The van der Waals surface area contributed by atoms with Gasteiger partial charge in [0.1, 0.15) is 0 Å². The van der Waals surface area contributed by atoms with Crippen molar-refractivity contribution in [1.82, 2.24) is 0 Å². The van der Waals surface area contributed by atoms with Crippen molar-refractivity contribution in [2.24, 2.45) is 11.7 Å². The van der Waals surface area contributed by atoms with Crippen molar-refractivity contribution in [3.63, 3.8) is 0 Å². The largest absolute Gasteiger partial charge is 0.550 e. The summed E-state index contributed by atoms with van der Waals surface area (Å²) in [6, 6.07) is 17.2. The zero-order valence-corrected chi connectivity index (χ0v) is 13.5. The van der Waals surface area contributed by atoms with Crippen molar-refractivity contribution >= 4 is 40.4 Å². The molecule has 1 atom stereocenters. The second-order valence-electron chi connectivity index (χ2n) is 5.21. The van der Waals surface area contributed by atoms with E-state index < -0.39 is 11.9 Å². The second kappa shape index (κ2) is 7.60. The molecule has 120 valence electrons. The van der Waals surface area contributed by atoms with Crippen LogP contribution in [0.3, 0.4) is 0 Å². The standard InChI is InChI=1S/C17H19N3O2S/c1-12(16(21)22)11-20(17(18)23)15-9-7-14(8-10-15)19-13-5-3-2-4-6-13/h2-10,12,19H,11H2,1H3,(H2,18,23)(H,21,22)/p-1/t12-/m0/s1. The van der Waals surface area contributed by atoms with Gasteiger partial charge in [0.25, 0.3) is 0 Å². The number of carboxylic acid groups (broad SMARTS) is 1. The molecule has 0 aliphatic heterocycles. The highest BCUT2D eigenvalue weighted by atomic mass is 32.1. The number of nitrogens with one attached hydrogen (secondary N) is 1. The summed E-state index contributed by atoms with van der Waals surface area (Å²) in [6.07, 6.45) is 0. The predicted octanol–water partition coefficient (Wildman–Crippen LogP) is 1.87. The average molecular weight is 328 g/mol. The van der Waals surface area contributed by atoms with Gasteiger partial charge in [-0.1, -0.05) is 25.1 Å². The highest BCUT2D eigenvalue weighted by Gasteiger charge is 2.14. The van der Waals surface area contributed by atoms with E-state index >= 15 is 0 Å². The van der Waals surface area contributed by atoms with Gasteiger partial charge in [0.15, 0.2) is 5.11 Å². The molecule has 0 bridgehead atoms. The van der Waals surface area contributed by atoms with Gasteiger partial charge in [-0.3, -0.25) is 0 Å². The van der Waals surface area contributed by atoms with Crippen LogP contribution in [0.2, 0.25) is 0 Å². The van der Waals surface area contributed by atoms with E-state index in [0.717, 1.165) is 17.1 Å². The molecule has 0 saturated carbocycles. The number of carbonyl (C=O) groups excluding carboxylic acids is 1. The molecule has 6 heteroatoms. The van der Waals surface area contributed by atoms with Crippen molar-refractivity contribution in [1.29, 1.82) is 0 Å². The number of rotatable bonds is 6. The fourth-order valence-electron chi connectivity index (χ4n) is 2.08. The molecule has 0 aliphatic rings. The minimum atomic E-state index is -1.13. The van der Waals surface area contributed by atoms with Crippen molar-refractivity contribution in [2.45, 2.75) is 6.92 Å². The van der Waals surface area contributed by atoms with Crippen LogP contribution in [-0.2, 0) is 4.79 Å². The summed E-state index contributed by atoms with van der Waals surface area (Å²) in [6.45, 7) is 1.73. The molecule has 0 fully saturated rings. The van der Waals surface area contributed by atoms with E-state index in [4.69, 9.17) is 18.0 Å². The third-order valence-corrected chi connectivity index (χ3v) is 3.59. The topological polar surface area (TPSA) is 81.4 Å². The van der Waals surface area contributed by atoms with Crippen LogP contribution < -0.4 is 21.1 Å². The molecular formula is C17H18N3O2S-. The monoisotopic (exact) mass is 328 g/mol. The third kappa shape index (κ3) is 4.69. The van der Waals surface area contributed by atoms with Crippen molar-refractivity contribution in [2.75, 3.05) is 16.8 Å². The molecular weight excluding hydrogens is 310 g/mol. The van der Waals surface area contributed by atoms with Gasteiger partial charge in [0.2, 0.25) is 0 Å². The van der Waals surface area contributed by atoms with E-state index in [2.05, 4.69) is 5.32 Å². The summed E-state index contributed by atoms with van der Waals surface area (Å²) in [5.74, 6) is -1.81. The Morgan fingerprint density at radius 1 is 1.17 bits per heavy atom. The fourth-order valence-corrected chi connectivity index (χ4v) is 2.26. The van der Waals surface area contributed by atoms with Gasteiger partial charge < -0.3 is 25.9 Å². The lowest BCUT2D eigenvalue weighted by Gasteiger charge is -2.27. The summed E-state index contributed by atoms with van der Waals surface area (Å²) in [7, 11) is 0. The Bertz CT molecular complexity index is 674. The highest BCUT2D eigenvalue weighted by molar-refractivity contribution is 7.80. The van der Waals surface area contributed by atoms with Crippen LogP contribution >= 0.6 is 12.2 Å². The smallest absolute Gasteiger partial charge is 0.170 e. The van der Waals surface area contributed by atoms with Crippen LogP contribution in [0.15, 0.2) is 54.6 Å². The summed E-state index contributed by atoms with van der Waals surface area (Å²) >= 11 is 5.02. The molecule has 0 spiro atoms. The van der Waals surface area contributed by atoms with E-state index in [1.54, 1.807) is 11.8 Å². The SMILES string of the molecule is C[C@@H](CN(C(N)=S)c1ccc(Nc2ccccc2)cc1)C(=O)[O-]. The first-order valence-electron chi connectivity index (χ1n) is 7.17. The number of carbonyl (C=O) groups is 1. The maximum atomic E-state index is 10.9. The van der Waals surface area contributed by atoms with E-state index in [0.29, 0.717) is 0 Å². The van der Waals surface area contributed by atoms with Gasteiger partial charge in [0, 0.05) is 35.5 Å². The summed E-state index contributed by atoms with van der Waals surface area (Å²) < 4.78 is 0. The molecule has 0 aliphatic carbocycles. The van der Waals surface area contributed by atoms with E-state index in [1.807, 2.05) is 54.6 Å². The Hall–Kier alpha value is -2.60. The molecule has 2 aromatic rings. The number of anilines is 3. The number of hydrogen-bond acceptors (Lipinski definition) is 4. The first kappa shape index (κ1) is 16.8. The summed E-state index contributed by atoms with van der Waals surface area (Å²) in [5.41, 5.74) is 8.34. The molecule has 0 heterocycles. The lowest BCUT2D eigenvalue weighted by molar-refractivity contribution is -0.310. The molecule has 2 rings (SSSR count). The minimum absolute atomic E-state index is 0.127. The van der Waals surface area contributed by atoms with Gasteiger partial charge in [-0.2, -0.15) is 0 Å². The first-order valence-corrected chi connectivity index (χ1v) is 7.58. The Morgan fingerprint density at radius 3 is 2.26 bits per heavy atom. The molecule has 0 radical (unpaired) electrons. The fraction of sp³-hybridized carbons (Fsp3) is 0.176. The molecule has 23 heavy (non-hydrogen) atoms. The zero-order valence-electron chi connectivity index (χ0n) is 12.7. The highest BCUT2D eigenvalue weighted by Crippen LogP contribution is 2.22. The van der Waals surface area contributed by atoms with E-state index in [1.165, 1.54) is 0 Å². The zero-order chi connectivity index (χ0) is 16.8. The van der Waals surface area contributed by atoms with Crippen LogP contribution in [0.1, 0.15) is 6.92 Å². The Labute approximate surface area is 140 Å². The van der Waals surface area contributed by atoms with Crippen LogP contribution in [0, 0.1) is 5.92 Å². The number of hydrogen-bond donors (Lipinski definition) is 2. The first-order chi connectivity index (χ1) is 11.0. The van der Waals surface area contributed by atoms with Crippen LogP contribution in [0.4, 0.5) is 17.1 Å². The molecule has 0 amide bonds. The Balaban J connectivity index is 2.12. The van der Waals surface area contributed by atoms with E-state index in [9.17, 15) is 9.90 Å². The molecule has 0 saturated heterocycles. The molecule has 0 unspecified atom stereocenters. The maximum absolute atomic E-state index is 10.9. The Kier molecular flexibility index (Phi) is 5.54. The lowest BCUT2D eigenvalue weighted by atomic mass is 10.1. The van der Waals surface area contributed by atoms with Crippen LogP contribution in [-0.4, -0.2) is 17.6 Å². The number of thiocarbonyl (C=S) groups is 1. The Morgan fingerprint density at radius 2 is 1.74 bits per heavy atom. The van der Waals surface area contributed by atoms with Gasteiger partial charge >= 0.3 is 0 Å². The van der Waals surface area contributed by atoms with Gasteiger partial charge in [0.05, 0.1) is 0 Å². The predicted molar refractivity (Wildman–Crippen MR) is 94.5 cm³/mol. The van der Waals surface area contributed by atoms with Gasteiger partial charge in [-0.25, -0.2) is 0 Å². The number of aliphatic carboxylic acids is 1. The second-order valence-corrected chi connectivity index (χ2v) is 5.63. The number of carboxylic acids is 1.